The molecule has 0 bridgehead atoms. The number of hydrogen-bond donors (Lipinski definition) is 1. The zero-order valence-corrected chi connectivity index (χ0v) is 13.1. The Hall–Kier alpha value is -0.490. The second-order valence-corrected chi connectivity index (χ2v) is 7.11. The summed E-state index contributed by atoms with van der Waals surface area (Å²) in [5.41, 5.74) is 6.82. The fraction of sp³-hybridized carbons (Fsp3) is 0.800. The van der Waals surface area contributed by atoms with Gasteiger partial charge in [0.1, 0.15) is 5.01 Å². The van der Waals surface area contributed by atoms with Crippen molar-refractivity contribution in [1.82, 2.24) is 14.8 Å². The average Bonchev–Trinajstić information content (AvgIpc) is 3.12. The topological polar surface area (TPSA) is 45.4 Å². The molecular formula is C15H26N4S. The SMILES string of the molecule is NCc1nc(CN2CCC(CN3CCCC3)CC2)cs1. The highest BCUT2D eigenvalue weighted by molar-refractivity contribution is 7.09. The van der Waals surface area contributed by atoms with Crippen molar-refractivity contribution in [3.05, 3.63) is 16.1 Å². The van der Waals surface area contributed by atoms with E-state index in [1.54, 1.807) is 11.3 Å². The molecule has 3 rings (SSSR count). The summed E-state index contributed by atoms with van der Waals surface area (Å²) in [7, 11) is 0. The molecule has 1 aromatic heterocycles. The standard InChI is InChI=1S/C15H26N4S/c16-9-15-17-14(12-20-15)11-19-7-3-13(4-8-19)10-18-5-1-2-6-18/h12-13H,1-11,16H2. The number of piperidine rings is 1. The van der Waals surface area contributed by atoms with Gasteiger partial charge in [0, 0.05) is 25.0 Å². The van der Waals surface area contributed by atoms with Gasteiger partial charge in [0.2, 0.25) is 0 Å². The number of likely N-dealkylation sites (tertiary alicyclic amines) is 2. The largest absolute Gasteiger partial charge is 0.325 e. The molecule has 0 aliphatic carbocycles. The molecule has 5 heteroatoms. The van der Waals surface area contributed by atoms with Gasteiger partial charge in [-0.05, 0) is 57.8 Å². The zero-order chi connectivity index (χ0) is 13.8. The molecule has 0 aromatic carbocycles. The lowest BCUT2D eigenvalue weighted by Gasteiger charge is -2.33. The van der Waals surface area contributed by atoms with Gasteiger partial charge in [-0.1, -0.05) is 0 Å². The lowest BCUT2D eigenvalue weighted by atomic mass is 9.96. The Morgan fingerprint density at radius 2 is 1.90 bits per heavy atom. The second-order valence-electron chi connectivity index (χ2n) is 6.16. The first-order valence-electron chi connectivity index (χ1n) is 7.91. The van der Waals surface area contributed by atoms with Crippen LogP contribution in [0.25, 0.3) is 0 Å². The molecule has 0 spiro atoms. The smallest absolute Gasteiger partial charge is 0.106 e. The van der Waals surface area contributed by atoms with Gasteiger partial charge in [0.05, 0.1) is 5.69 Å². The Balaban J connectivity index is 1.41. The van der Waals surface area contributed by atoms with Crippen molar-refractivity contribution in [3.8, 4) is 0 Å². The number of nitrogens with zero attached hydrogens (tertiary/aromatic N) is 3. The highest BCUT2D eigenvalue weighted by Gasteiger charge is 2.23. The second kappa shape index (κ2) is 6.98. The van der Waals surface area contributed by atoms with Gasteiger partial charge in [-0.25, -0.2) is 4.98 Å². The van der Waals surface area contributed by atoms with Crippen molar-refractivity contribution < 1.29 is 0 Å². The van der Waals surface area contributed by atoms with Gasteiger partial charge in [-0.2, -0.15) is 0 Å². The van der Waals surface area contributed by atoms with Crippen LogP contribution >= 0.6 is 11.3 Å². The van der Waals surface area contributed by atoms with Crippen LogP contribution in [0, 0.1) is 5.92 Å². The van der Waals surface area contributed by atoms with Crippen molar-refractivity contribution in [2.75, 3.05) is 32.7 Å². The molecule has 2 saturated heterocycles. The van der Waals surface area contributed by atoms with Crippen LogP contribution in [0.1, 0.15) is 36.4 Å². The van der Waals surface area contributed by atoms with E-state index in [0.717, 1.165) is 17.5 Å². The fourth-order valence-electron chi connectivity index (χ4n) is 3.40. The van der Waals surface area contributed by atoms with E-state index < -0.39 is 0 Å². The molecule has 0 amide bonds. The molecule has 2 fully saturated rings. The highest BCUT2D eigenvalue weighted by atomic mass is 32.1. The third kappa shape index (κ3) is 3.79. The van der Waals surface area contributed by atoms with Gasteiger partial charge in [-0.15, -0.1) is 11.3 Å². The highest BCUT2D eigenvalue weighted by Crippen LogP contribution is 2.22. The van der Waals surface area contributed by atoms with Gasteiger partial charge < -0.3 is 10.6 Å². The summed E-state index contributed by atoms with van der Waals surface area (Å²) in [4.78, 5) is 9.78. The number of thiazole rings is 1. The maximum atomic E-state index is 5.62. The molecule has 0 atom stereocenters. The number of rotatable bonds is 5. The Kier molecular flexibility index (Phi) is 5.04. The van der Waals surface area contributed by atoms with E-state index in [9.17, 15) is 0 Å². The van der Waals surface area contributed by atoms with E-state index in [0.29, 0.717) is 6.54 Å². The van der Waals surface area contributed by atoms with Crippen LogP contribution < -0.4 is 5.73 Å². The predicted molar refractivity (Wildman–Crippen MR) is 83.7 cm³/mol. The first kappa shape index (κ1) is 14.4. The molecule has 4 nitrogen and oxygen atoms in total. The van der Waals surface area contributed by atoms with Crippen LogP contribution in [-0.4, -0.2) is 47.5 Å². The lowest BCUT2D eigenvalue weighted by molar-refractivity contribution is 0.148. The molecule has 20 heavy (non-hydrogen) atoms. The minimum absolute atomic E-state index is 0.572. The van der Waals surface area contributed by atoms with Crippen LogP contribution in [0.15, 0.2) is 5.38 Å². The summed E-state index contributed by atoms with van der Waals surface area (Å²) in [6.45, 7) is 8.04. The van der Waals surface area contributed by atoms with E-state index in [-0.39, 0.29) is 0 Å². The van der Waals surface area contributed by atoms with Crippen molar-refractivity contribution in [1.29, 1.82) is 0 Å². The van der Waals surface area contributed by atoms with Gasteiger partial charge in [0.25, 0.3) is 0 Å². The minimum Gasteiger partial charge on any atom is -0.325 e. The molecular weight excluding hydrogens is 268 g/mol. The Morgan fingerprint density at radius 3 is 2.55 bits per heavy atom. The quantitative estimate of drug-likeness (QED) is 0.901. The summed E-state index contributed by atoms with van der Waals surface area (Å²) >= 11 is 1.69. The van der Waals surface area contributed by atoms with Crippen LogP contribution in [0.4, 0.5) is 0 Å². The molecule has 2 N–H and O–H groups in total. The van der Waals surface area contributed by atoms with Crippen LogP contribution in [0.2, 0.25) is 0 Å². The van der Waals surface area contributed by atoms with Gasteiger partial charge in [-0.3, -0.25) is 4.90 Å². The average molecular weight is 294 g/mol. The van der Waals surface area contributed by atoms with Crippen LogP contribution in [0.5, 0.6) is 0 Å². The number of hydrogen-bond acceptors (Lipinski definition) is 5. The van der Waals surface area contributed by atoms with Gasteiger partial charge in [0.15, 0.2) is 0 Å². The lowest BCUT2D eigenvalue weighted by Crippen LogP contribution is -2.37. The Bertz CT molecular complexity index is 406. The zero-order valence-electron chi connectivity index (χ0n) is 12.3. The fourth-order valence-corrected chi connectivity index (χ4v) is 4.07. The van der Waals surface area contributed by atoms with E-state index in [2.05, 4.69) is 20.2 Å². The van der Waals surface area contributed by atoms with Crippen molar-refractivity contribution in [2.24, 2.45) is 11.7 Å². The summed E-state index contributed by atoms with van der Waals surface area (Å²) in [5, 5.41) is 3.22. The summed E-state index contributed by atoms with van der Waals surface area (Å²) in [6.07, 6.45) is 5.52. The summed E-state index contributed by atoms with van der Waals surface area (Å²) < 4.78 is 0. The minimum atomic E-state index is 0.572. The van der Waals surface area contributed by atoms with E-state index in [4.69, 9.17) is 5.73 Å². The van der Waals surface area contributed by atoms with Crippen molar-refractivity contribution in [3.63, 3.8) is 0 Å². The van der Waals surface area contributed by atoms with Gasteiger partial charge >= 0.3 is 0 Å². The predicted octanol–water partition coefficient (Wildman–Crippen LogP) is 1.91. The Morgan fingerprint density at radius 1 is 1.15 bits per heavy atom. The number of nitrogens with two attached hydrogens (primary N) is 1. The van der Waals surface area contributed by atoms with Crippen LogP contribution in [0.3, 0.4) is 0 Å². The van der Waals surface area contributed by atoms with E-state index in [1.165, 1.54) is 64.1 Å². The summed E-state index contributed by atoms with van der Waals surface area (Å²) in [5.74, 6) is 0.916. The molecule has 2 aliphatic heterocycles. The third-order valence-corrected chi connectivity index (χ3v) is 5.50. The first-order chi connectivity index (χ1) is 9.83. The summed E-state index contributed by atoms with van der Waals surface area (Å²) in [6, 6.07) is 0. The molecule has 0 unspecified atom stereocenters. The molecule has 0 saturated carbocycles. The molecule has 0 radical (unpaired) electrons. The molecule has 1 aromatic rings. The Labute approximate surface area is 126 Å². The molecule has 112 valence electrons. The first-order valence-corrected chi connectivity index (χ1v) is 8.79. The third-order valence-electron chi connectivity index (χ3n) is 4.58. The normalized spacial score (nSPS) is 22.6. The maximum absolute atomic E-state index is 5.62. The van der Waals surface area contributed by atoms with Crippen molar-refractivity contribution in [2.45, 2.75) is 38.8 Å². The molecule has 3 heterocycles. The van der Waals surface area contributed by atoms with Crippen LogP contribution in [-0.2, 0) is 13.1 Å². The number of aromatic nitrogens is 1. The maximum Gasteiger partial charge on any atom is 0.106 e. The monoisotopic (exact) mass is 294 g/mol. The molecule has 2 aliphatic rings. The van der Waals surface area contributed by atoms with E-state index >= 15 is 0 Å². The van der Waals surface area contributed by atoms with Crippen molar-refractivity contribution >= 4 is 11.3 Å². The van der Waals surface area contributed by atoms with E-state index in [1.807, 2.05) is 0 Å².